The summed E-state index contributed by atoms with van der Waals surface area (Å²) in [6.45, 7) is 6.94. The van der Waals surface area contributed by atoms with Crippen molar-refractivity contribution in [3.8, 4) is 0 Å². The van der Waals surface area contributed by atoms with E-state index >= 15 is 0 Å². The molecule has 1 saturated heterocycles. The molecule has 1 aliphatic heterocycles. The topological polar surface area (TPSA) is 53.8 Å². The van der Waals surface area contributed by atoms with Crippen LogP contribution in [0.3, 0.4) is 0 Å². The van der Waals surface area contributed by atoms with Crippen LogP contribution in [0, 0.1) is 11.3 Å². The quantitative estimate of drug-likeness (QED) is 0.802. The summed E-state index contributed by atoms with van der Waals surface area (Å²) < 4.78 is 0. The van der Waals surface area contributed by atoms with Gasteiger partial charge in [-0.2, -0.15) is 5.10 Å². The van der Waals surface area contributed by atoms with Crippen molar-refractivity contribution in [1.82, 2.24) is 5.32 Å². The minimum absolute atomic E-state index is 0.0124. The molecule has 1 saturated carbocycles. The number of amidine groups is 1. The number of nitrogens with zero attached hydrogens (tertiary/aromatic N) is 2. The Morgan fingerprint density at radius 1 is 1.08 bits per heavy atom. The lowest BCUT2D eigenvalue weighted by Gasteiger charge is -2.34. The molecule has 1 unspecified atom stereocenters. The van der Waals surface area contributed by atoms with Gasteiger partial charge >= 0.3 is 0 Å². The maximum Gasteiger partial charge on any atom is 0.244 e. The average molecular weight is 343 g/mol. The standard InChI is InChI=1S/C19H25N3OS/c1-19(2,3)14-9-11-15(12-10-14)21-22-18-20-17(23)16(24-18)13-7-5-4-6-8-13/h4-8,14,16H,9-12H2,1-3H3,(H,20,22,23). The average Bonchev–Trinajstić information content (AvgIpc) is 2.94. The molecule has 2 aliphatic rings. The van der Waals surface area contributed by atoms with Gasteiger partial charge in [0.2, 0.25) is 5.91 Å². The van der Waals surface area contributed by atoms with Gasteiger partial charge in [0.1, 0.15) is 5.25 Å². The van der Waals surface area contributed by atoms with E-state index in [0.717, 1.165) is 30.0 Å². The van der Waals surface area contributed by atoms with E-state index in [9.17, 15) is 4.79 Å². The summed E-state index contributed by atoms with van der Waals surface area (Å²) in [5.41, 5.74) is 2.53. The SMILES string of the molecule is CC(C)(C)C1CCC(=N/N=C2\NC(=O)C(c3ccccc3)S2)CC1. The molecule has 1 aromatic carbocycles. The maximum atomic E-state index is 12.1. The van der Waals surface area contributed by atoms with Gasteiger partial charge in [0, 0.05) is 5.71 Å². The second kappa shape index (κ2) is 7.09. The molecule has 1 aliphatic carbocycles. The maximum absolute atomic E-state index is 12.1. The van der Waals surface area contributed by atoms with Crippen LogP contribution in [0.25, 0.3) is 0 Å². The smallest absolute Gasteiger partial charge is 0.244 e. The van der Waals surface area contributed by atoms with Gasteiger partial charge < -0.3 is 5.32 Å². The highest BCUT2D eigenvalue weighted by Crippen LogP contribution is 2.37. The van der Waals surface area contributed by atoms with Crippen molar-refractivity contribution in [1.29, 1.82) is 0 Å². The second-order valence-electron chi connectivity index (χ2n) is 7.61. The minimum atomic E-state index is -0.221. The van der Waals surface area contributed by atoms with Gasteiger partial charge in [-0.3, -0.25) is 4.79 Å². The van der Waals surface area contributed by atoms with Crippen molar-refractivity contribution < 1.29 is 4.79 Å². The predicted molar refractivity (Wildman–Crippen MR) is 101 cm³/mol. The normalized spacial score (nSPS) is 26.5. The molecule has 2 fully saturated rings. The highest BCUT2D eigenvalue weighted by Gasteiger charge is 2.32. The Hall–Kier alpha value is -1.62. The Kier molecular flexibility index (Phi) is 5.09. The highest BCUT2D eigenvalue weighted by atomic mass is 32.2. The third kappa shape index (κ3) is 4.07. The zero-order valence-electron chi connectivity index (χ0n) is 14.6. The lowest BCUT2D eigenvalue weighted by molar-refractivity contribution is -0.118. The number of nitrogens with one attached hydrogen (secondary N) is 1. The summed E-state index contributed by atoms with van der Waals surface area (Å²) in [4.78, 5) is 12.1. The van der Waals surface area contributed by atoms with E-state index in [1.165, 1.54) is 24.6 Å². The van der Waals surface area contributed by atoms with Gasteiger partial charge in [-0.25, -0.2) is 0 Å². The van der Waals surface area contributed by atoms with E-state index in [1.54, 1.807) is 0 Å². The lowest BCUT2D eigenvalue weighted by atomic mass is 9.72. The first kappa shape index (κ1) is 17.2. The Labute approximate surface area is 148 Å². The fourth-order valence-electron chi connectivity index (χ4n) is 3.29. The molecule has 0 aromatic heterocycles. The number of benzene rings is 1. The first-order valence-corrected chi connectivity index (χ1v) is 9.47. The van der Waals surface area contributed by atoms with E-state index in [1.807, 2.05) is 30.3 Å². The van der Waals surface area contributed by atoms with Crippen LogP contribution in [0.4, 0.5) is 0 Å². The van der Waals surface area contributed by atoms with Crippen LogP contribution in [0.5, 0.6) is 0 Å². The molecule has 0 spiro atoms. The molecule has 1 N–H and O–H groups in total. The molecule has 1 amide bonds. The highest BCUT2D eigenvalue weighted by molar-refractivity contribution is 8.15. The Balaban J connectivity index is 1.61. The zero-order chi connectivity index (χ0) is 17.2. The molecule has 0 bridgehead atoms. The van der Waals surface area contributed by atoms with Gasteiger partial charge in [0.15, 0.2) is 5.17 Å². The van der Waals surface area contributed by atoms with Crippen LogP contribution in [0.15, 0.2) is 40.5 Å². The molecule has 1 aromatic rings. The number of carbonyl (C=O) groups is 1. The van der Waals surface area contributed by atoms with E-state index in [4.69, 9.17) is 0 Å². The fourth-order valence-corrected chi connectivity index (χ4v) is 4.22. The molecule has 1 atom stereocenters. The second-order valence-corrected chi connectivity index (χ2v) is 8.70. The number of hydrogen-bond acceptors (Lipinski definition) is 4. The molecule has 128 valence electrons. The third-order valence-corrected chi connectivity index (χ3v) is 6.00. The molecule has 5 heteroatoms. The van der Waals surface area contributed by atoms with E-state index in [2.05, 4.69) is 36.3 Å². The van der Waals surface area contributed by atoms with Crippen LogP contribution in [0.1, 0.15) is 57.3 Å². The van der Waals surface area contributed by atoms with Crippen LogP contribution < -0.4 is 5.32 Å². The predicted octanol–water partition coefficient (Wildman–Crippen LogP) is 4.54. The van der Waals surface area contributed by atoms with Gasteiger partial charge in [-0.05, 0) is 42.6 Å². The molecule has 4 nitrogen and oxygen atoms in total. The Morgan fingerprint density at radius 2 is 1.75 bits per heavy atom. The Bertz CT molecular complexity index is 651. The lowest BCUT2D eigenvalue weighted by Crippen LogP contribution is -2.26. The van der Waals surface area contributed by atoms with Crippen molar-refractivity contribution in [3.05, 3.63) is 35.9 Å². The summed E-state index contributed by atoms with van der Waals surface area (Å²) in [7, 11) is 0. The van der Waals surface area contributed by atoms with Crippen LogP contribution >= 0.6 is 11.8 Å². The number of carbonyl (C=O) groups excluding carboxylic acids is 1. The van der Waals surface area contributed by atoms with Crippen LogP contribution in [-0.2, 0) is 4.79 Å². The number of hydrogen-bond donors (Lipinski definition) is 1. The van der Waals surface area contributed by atoms with Crippen molar-refractivity contribution in [3.63, 3.8) is 0 Å². The van der Waals surface area contributed by atoms with Crippen molar-refractivity contribution in [2.75, 3.05) is 0 Å². The summed E-state index contributed by atoms with van der Waals surface area (Å²) in [5.74, 6) is 0.744. The number of thioether (sulfide) groups is 1. The van der Waals surface area contributed by atoms with Gasteiger partial charge in [-0.1, -0.05) is 62.9 Å². The fraction of sp³-hybridized carbons (Fsp3) is 0.526. The number of amides is 1. The first-order valence-electron chi connectivity index (χ1n) is 8.59. The van der Waals surface area contributed by atoms with Crippen molar-refractivity contribution in [2.24, 2.45) is 21.5 Å². The van der Waals surface area contributed by atoms with Gasteiger partial charge in [0.05, 0.1) is 0 Å². The van der Waals surface area contributed by atoms with E-state index < -0.39 is 0 Å². The van der Waals surface area contributed by atoms with E-state index in [-0.39, 0.29) is 11.2 Å². The monoisotopic (exact) mass is 343 g/mol. The van der Waals surface area contributed by atoms with Gasteiger partial charge in [0.25, 0.3) is 0 Å². The van der Waals surface area contributed by atoms with E-state index in [0.29, 0.717) is 10.6 Å². The van der Waals surface area contributed by atoms with Crippen LogP contribution in [0.2, 0.25) is 0 Å². The summed E-state index contributed by atoms with van der Waals surface area (Å²) in [5, 5.41) is 11.9. The summed E-state index contributed by atoms with van der Waals surface area (Å²) in [6, 6.07) is 9.80. The third-order valence-electron chi connectivity index (χ3n) is 4.87. The molecular formula is C19H25N3OS. The van der Waals surface area contributed by atoms with Gasteiger partial charge in [-0.15, -0.1) is 5.10 Å². The molecular weight excluding hydrogens is 318 g/mol. The number of rotatable bonds is 2. The molecule has 0 radical (unpaired) electrons. The zero-order valence-corrected chi connectivity index (χ0v) is 15.4. The molecule has 1 heterocycles. The molecule has 3 rings (SSSR count). The first-order chi connectivity index (χ1) is 11.4. The summed E-state index contributed by atoms with van der Waals surface area (Å²) in [6.07, 6.45) is 4.39. The largest absolute Gasteiger partial charge is 0.302 e. The van der Waals surface area contributed by atoms with Crippen molar-refractivity contribution in [2.45, 2.75) is 51.7 Å². The van der Waals surface area contributed by atoms with Crippen LogP contribution in [-0.4, -0.2) is 16.8 Å². The Morgan fingerprint density at radius 3 is 2.38 bits per heavy atom. The molecule has 24 heavy (non-hydrogen) atoms. The van der Waals surface area contributed by atoms with Crippen molar-refractivity contribution >= 4 is 28.5 Å². The summed E-state index contributed by atoms with van der Waals surface area (Å²) >= 11 is 1.45. The minimum Gasteiger partial charge on any atom is -0.302 e.